The van der Waals surface area contributed by atoms with Crippen LogP contribution in [0.3, 0.4) is 0 Å². The van der Waals surface area contributed by atoms with Crippen molar-refractivity contribution in [2.24, 2.45) is 0 Å². The van der Waals surface area contributed by atoms with Crippen molar-refractivity contribution in [1.29, 1.82) is 0 Å². The van der Waals surface area contributed by atoms with E-state index >= 15 is 0 Å². The summed E-state index contributed by atoms with van der Waals surface area (Å²) in [6, 6.07) is 12.0. The Kier molecular flexibility index (Phi) is 6.57. The molecule has 2 aromatic carbocycles. The van der Waals surface area contributed by atoms with Gasteiger partial charge in [-0.1, -0.05) is 24.3 Å². The van der Waals surface area contributed by atoms with Crippen molar-refractivity contribution in [3.63, 3.8) is 0 Å². The summed E-state index contributed by atoms with van der Waals surface area (Å²) in [6.07, 6.45) is -4.59. The average Bonchev–Trinajstić information content (AvgIpc) is 2.79. The molecule has 1 saturated heterocycles. The summed E-state index contributed by atoms with van der Waals surface area (Å²) in [5, 5.41) is 8.74. The van der Waals surface area contributed by atoms with Crippen LogP contribution >= 0.6 is 12.2 Å². The van der Waals surface area contributed by atoms with Crippen LogP contribution in [0.1, 0.15) is 24.1 Å². The first-order valence-corrected chi connectivity index (χ1v) is 10.8. The molecule has 0 spiro atoms. The molecule has 2 aliphatic heterocycles. The molecule has 0 aromatic heterocycles. The van der Waals surface area contributed by atoms with Crippen LogP contribution in [0.2, 0.25) is 0 Å². The highest BCUT2D eigenvalue weighted by atomic mass is 32.1. The van der Waals surface area contributed by atoms with E-state index in [0.29, 0.717) is 24.0 Å². The minimum absolute atomic E-state index is 0.264. The third-order valence-corrected chi connectivity index (χ3v) is 5.82. The van der Waals surface area contributed by atoms with E-state index in [4.69, 9.17) is 17.0 Å². The molecule has 0 unspecified atom stereocenters. The molecule has 1 amide bonds. The summed E-state index contributed by atoms with van der Waals surface area (Å²) in [6.45, 7) is 4.59. The molecule has 4 rings (SSSR count). The Labute approximate surface area is 194 Å². The second-order valence-electron chi connectivity index (χ2n) is 7.76. The molecule has 2 heterocycles. The Hall–Kier alpha value is -3.11. The summed E-state index contributed by atoms with van der Waals surface area (Å²) in [4.78, 5) is 15.4. The van der Waals surface area contributed by atoms with Crippen LogP contribution in [0.25, 0.3) is 0 Å². The number of rotatable bonds is 4. The van der Waals surface area contributed by atoms with Crippen LogP contribution in [-0.4, -0.2) is 37.3 Å². The Bertz CT molecular complexity index is 1080. The van der Waals surface area contributed by atoms with Gasteiger partial charge in [-0.2, -0.15) is 13.2 Å². The number of allylic oxidation sites excluding steroid dienone is 1. The van der Waals surface area contributed by atoms with E-state index in [2.05, 4.69) is 20.9 Å². The lowest BCUT2D eigenvalue weighted by Crippen LogP contribution is -2.45. The van der Waals surface area contributed by atoms with Gasteiger partial charge in [-0.05, 0) is 49.0 Å². The number of anilines is 2. The Morgan fingerprint density at radius 2 is 1.79 bits per heavy atom. The maximum atomic E-state index is 13.4. The van der Waals surface area contributed by atoms with Crippen molar-refractivity contribution in [2.45, 2.75) is 19.1 Å². The largest absolute Gasteiger partial charge is 0.418 e. The molecule has 0 radical (unpaired) electrons. The quantitative estimate of drug-likeness (QED) is 0.581. The Morgan fingerprint density at radius 3 is 2.45 bits per heavy atom. The highest BCUT2D eigenvalue weighted by Gasteiger charge is 2.35. The molecule has 0 bridgehead atoms. The van der Waals surface area contributed by atoms with E-state index < -0.39 is 23.7 Å². The zero-order valence-corrected chi connectivity index (χ0v) is 18.6. The highest BCUT2D eigenvalue weighted by molar-refractivity contribution is 7.80. The van der Waals surface area contributed by atoms with E-state index in [1.54, 1.807) is 6.92 Å². The number of amides is 1. The van der Waals surface area contributed by atoms with Crippen LogP contribution in [0.15, 0.2) is 59.8 Å². The first-order chi connectivity index (χ1) is 15.7. The normalized spacial score (nSPS) is 19.1. The lowest BCUT2D eigenvalue weighted by Gasteiger charge is -2.32. The number of carbonyl (C=O) groups is 1. The number of alkyl halides is 3. The van der Waals surface area contributed by atoms with Gasteiger partial charge in [-0.3, -0.25) is 4.79 Å². The maximum Gasteiger partial charge on any atom is 0.418 e. The number of nitrogens with zero attached hydrogens (tertiary/aromatic N) is 1. The van der Waals surface area contributed by atoms with E-state index in [1.165, 1.54) is 18.2 Å². The van der Waals surface area contributed by atoms with Crippen LogP contribution in [0.5, 0.6) is 0 Å². The number of halogens is 3. The number of carbonyl (C=O) groups excluding carboxylic acids is 1. The highest BCUT2D eigenvalue weighted by Crippen LogP contribution is 2.36. The number of ether oxygens (including phenoxy) is 1. The number of para-hydroxylation sites is 1. The SMILES string of the molecule is CC1=C(C(=O)Nc2ccccc2C(F)(F)F)[C@@H](c2ccc(N3CCOCC3)cc2)NC(=S)N1. The Balaban J connectivity index is 1.62. The van der Waals surface area contributed by atoms with Crippen molar-refractivity contribution in [3.05, 3.63) is 70.9 Å². The molecule has 174 valence electrons. The smallest absolute Gasteiger partial charge is 0.378 e. The van der Waals surface area contributed by atoms with E-state index in [9.17, 15) is 18.0 Å². The zero-order valence-electron chi connectivity index (χ0n) is 17.8. The van der Waals surface area contributed by atoms with Crippen LogP contribution < -0.4 is 20.9 Å². The summed E-state index contributed by atoms with van der Waals surface area (Å²) in [7, 11) is 0. The van der Waals surface area contributed by atoms with Crippen molar-refractivity contribution in [1.82, 2.24) is 10.6 Å². The molecule has 1 fully saturated rings. The van der Waals surface area contributed by atoms with Gasteiger partial charge in [-0.25, -0.2) is 0 Å². The molecule has 2 aromatic rings. The molecule has 1 atom stereocenters. The molecule has 6 nitrogen and oxygen atoms in total. The second kappa shape index (κ2) is 9.40. The van der Waals surface area contributed by atoms with Crippen molar-refractivity contribution >= 4 is 34.6 Å². The first kappa shape index (κ1) is 23.1. The monoisotopic (exact) mass is 476 g/mol. The summed E-state index contributed by atoms with van der Waals surface area (Å²) in [5.74, 6) is -0.644. The molecule has 33 heavy (non-hydrogen) atoms. The number of hydrogen-bond acceptors (Lipinski definition) is 4. The molecule has 2 aliphatic rings. The van der Waals surface area contributed by atoms with Gasteiger partial charge in [0.1, 0.15) is 0 Å². The van der Waals surface area contributed by atoms with Crippen molar-refractivity contribution in [3.8, 4) is 0 Å². The van der Waals surface area contributed by atoms with Gasteiger partial charge >= 0.3 is 6.18 Å². The minimum Gasteiger partial charge on any atom is -0.378 e. The molecule has 10 heteroatoms. The fourth-order valence-electron chi connectivity index (χ4n) is 3.97. The first-order valence-electron chi connectivity index (χ1n) is 10.4. The van der Waals surface area contributed by atoms with Crippen molar-refractivity contribution in [2.75, 3.05) is 36.5 Å². The number of hydrogen-bond donors (Lipinski definition) is 3. The zero-order chi connectivity index (χ0) is 23.6. The topological polar surface area (TPSA) is 65.6 Å². The van der Waals surface area contributed by atoms with Gasteiger partial charge in [0.05, 0.1) is 36.1 Å². The van der Waals surface area contributed by atoms with Crippen LogP contribution in [0, 0.1) is 0 Å². The van der Waals surface area contributed by atoms with Gasteiger partial charge in [0, 0.05) is 24.5 Å². The third-order valence-electron chi connectivity index (χ3n) is 5.60. The molecular weight excluding hydrogens is 453 g/mol. The predicted molar refractivity (Wildman–Crippen MR) is 124 cm³/mol. The predicted octanol–water partition coefficient (Wildman–Crippen LogP) is 3.97. The number of benzene rings is 2. The molecular formula is C23H23F3N4O2S. The summed E-state index contributed by atoms with van der Waals surface area (Å²) in [5.41, 5.74) is 1.33. The molecule has 0 saturated carbocycles. The standard InChI is InChI=1S/C23H23F3N4O2S/c1-14-19(21(31)28-18-5-3-2-4-17(18)23(24,25)26)20(29-22(33)27-14)15-6-8-16(9-7-15)30-10-12-32-13-11-30/h2-9,20H,10-13H2,1H3,(H,28,31)(H2,27,29,33)/t20-/m1/s1. The fourth-order valence-corrected chi connectivity index (χ4v) is 4.24. The third kappa shape index (κ3) is 5.12. The van der Waals surface area contributed by atoms with Crippen LogP contribution in [-0.2, 0) is 15.7 Å². The van der Waals surface area contributed by atoms with Gasteiger partial charge in [0.2, 0.25) is 0 Å². The number of morpholine rings is 1. The number of nitrogens with one attached hydrogen (secondary N) is 3. The maximum absolute atomic E-state index is 13.4. The lowest BCUT2D eigenvalue weighted by atomic mass is 9.94. The van der Waals surface area contributed by atoms with E-state index in [0.717, 1.165) is 30.4 Å². The minimum atomic E-state index is -4.59. The lowest BCUT2D eigenvalue weighted by molar-refractivity contribution is -0.137. The second-order valence-corrected chi connectivity index (χ2v) is 8.17. The Morgan fingerprint density at radius 1 is 1.12 bits per heavy atom. The molecule has 0 aliphatic carbocycles. The van der Waals surface area contributed by atoms with Gasteiger partial charge < -0.3 is 25.6 Å². The van der Waals surface area contributed by atoms with Crippen LogP contribution in [0.4, 0.5) is 24.5 Å². The van der Waals surface area contributed by atoms with E-state index in [1.807, 2.05) is 24.3 Å². The van der Waals surface area contributed by atoms with Gasteiger partial charge in [0.15, 0.2) is 5.11 Å². The fraction of sp³-hybridized carbons (Fsp3) is 0.304. The van der Waals surface area contributed by atoms with Gasteiger partial charge in [0.25, 0.3) is 5.91 Å². The van der Waals surface area contributed by atoms with Crippen molar-refractivity contribution < 1.29 is 22.7 Å². The number of thiocarbonyl (C=S) groups is 1. The molecule has 3 N–H and O–H groups in total. The average molecular weight is 477 g/mol. The summed E-state index contributed by atoms with van der Waals surface area (Å²) >= 11 is 5.27. The van der Waals surface area contributed by atoms with E-state index in [-0.39, 0.29) is 11.3 Å². The summed E-state index contributed by atoms with van der Waals surface area (Å²) < 4.78 is 45.5. The van der Waals surface area contributed by atoms with Gasteiger partial charge in [-0.15, -0.1) is 0 Å².